The molecule has 114 valence electrons. The molecule has 0 aliphatic carbocycles. The maximum Gasteiger partial charge on any atom is 0.240 e. The molecule has 0 unspecified atom stereocenters. The summed E-state index contributed by atoms with van der Waals surface area (Å²) in [6.45, 7) is 5.00. The summed E-state index contributed by atoms with van der Waals surface area (Å²) in [6.07, 6.45) is 1.12. The summed E-state index contributed by atoms with van der Waals surface area (Å²) < 4.78 is 5.20. The molecule has 0 spiro atoms. The summed E-state index contributed by atoms with van der Waals surface area (Å²) in [5.41, 5.74) is 8.70. The molecule has 0 bridgehead atoms. The molecule has 3 N–H and O–H groups in total. The van der Waals surface area contributed by atoms with Crippen LogP contribution in [0.2, 0.25) is 0 Å². The van der Waals surface area contributed by atoms with Crippen LogP contribution in [0.3, 0.4) is 0 Å². The first kappa shape index (κ1) is 15.5. The number of aryl methyl sites for hydroxylation is 2. The lowest BCUT2D eigenvalue weighted by atomic mass is 9.95. The lowest BCUT2D eigenvalue weighted by Gasteiger charge is -2.19. The van der Waals surface area contributed by atoms with Crippen LogP contribution < -0.4 is 11.1 Å². The lowest BCUT2D eigenvalue weighted by Crippen LogP contribution is -2.48. The normalized spacial score (nSPS) is 19.2. The van der Waals surface area contributed by atoms with E-state index in [1.165, 1.54) is 0 Å². The lowest BCUT2D eigenvalue weighted by molar-refractivity contribution is -0.129. The van der Waals surface area contributed by atoms with Gasteiger partial charge in [-0.25, -0.2) is 0 Å². The van der Waals surface area contributed by atoms with E-state index in [0.29, 0.717) is 26.1 Å². The number of amides is 2. The summed E-state index contributed by atoms with van der Waals surface area (Å²) in [7, 11) is 0. The van der Waals surface area contributed by atoms with Crippen LogP contribution in [0.4, 0.5) is 0 Å². The predicted molar refractivity (Wildman–Crippen MR) is 79.7 cm³/mol. The Labute approximate surface area is 124 Å². The van der Waals surface area contributed by atoms with Gasteiger partial charge in [-0.3, -0.25) is 9.59 Å². The Kier molecular flexibility index (Phi) is 4.96. The largest absolute Gasteiger partial charge is 0.381 e. The highest BCUT2D eigenvalue weighted by molar-refractivity contribution is 5.88. The van der Waals surface area contributed by atoms with E-state index in [1.54, 1.807) is 0 Å². The second kappa shape index (κ2) is 6.72. The molecule has 0 saturated carbocycles. The molecule has 1 aliphatic heterocycles. The third-order valence-corrected chi connectivity index (χ3v) is 4.01. The molecular formula is C16H22N2O3. The third kappa shape index (κ3) is 3.82. The topological polar surface area (TPSA) is 81.4 Å². The molecule has 5 nitrogen and oxygen atoms in total. The molecule has 2 rings (SSSR count). The first-order valence-electron chi connectivity index (χ1n) is 7.21. The molecule has 1 aromatic rings. The van der Waals surface area contributed by atoms with E-state index in [4.69, 9.17) is 10.5 Å². The van der Waals surface area contributed by atoms with Crippen LogP contribution in [0, 0.1) is 19.8 Å². The number of rotatable bonds is 5. The van der Waals surface area contributed by atoms with E-state index in [0.717, 1.165) is 16.7 Å². The molecule has 1 fully saturated rings. The third-order valence-electron chi connectivity index (χ3n) is 4.01. The summed E-state index contributed by atoms with van der Waals surface area (Å²) >= 11 is 0. The maximum absolute atomic E-state index is 12.1. The van der Waals surface area contributed by atoms with Gasteiger partial charge in [0.2, 0.25) is 11.8 Å². The molecule has 21 heavy (non-hydrogen) atoms. The number of nitrogens with two attached hydrogens (primary N) is 1. The van der Waals surface area contributed by atoms with Crippen molar-refractivity contribution in [2.75, 3.05) is 13.2 Å². The summed E-state index contributed by atoms with van der Waals surface area (Å²) in [5.74, 6) is -0.836. The molecule has 0 aromatic heterocycles. The van der Waals surface area contributed by atoms with Crippen LogP contribution in [0.5, 0.6) is 0 Å². The Morgan fingerprint density at radius 1 is 1.38 bits per heavy atom. The minimum absolute atomic E-state index is 0.150. The zero-order valence-corrected chi connectivity index (χ0v) is 12.5. The highest BCUT2D eigenvalue weighted by Gasteiger charge is 2.27. The van der Waals surface area contributed by atoms with Crippen molar-refractivity contribution in [2.24, 2.45) is 11.7 Å². The smallest absolute Gasteiger partial charge is 0.240 e. The predicted octanol–water partition coefficient (Wildman–Crippen LogP) is 0.853. The van der Waals surface area contributed by atoms with Gasteiger partial charge in [0.05, 0.1) is 12.5 Å². The van der Waals surface area contributed by atoms with E-state index in [-0.39, 0.29) is 11.8 Å². The van der Waals surface area contributed by atoms with E-state index in [9.17, 15) is 9.59 Å². The zero-order chi connectivity index (χ0) is 15.4. The van der Waals surface area contributed by atoms with Gasteiger partial charge < -0.3 is 15.8 Å². The number of benzene rings is 1. The molecular weight excluding hydrogens is 268 g/mol. The molecule has 1 saturated heterocycles. The van der Waals surface area contributed by atoms with Gasteiger partial charge in [-0.15, -0.1) is 0 Å². The molecule has 1 heterocycles. The summed E-state index contributed by atoms with van der Waals surface area (Å²) in [5, 5.41) is 2.77. The van der Waals surface area contributed by atoms with E-state index in [2.05, 4.69) is 5.32 Å². The van der Waals surface area contributed by atoms with Gasteiger partial charge >= 0.3 is 0 Å². The van der Waals surface area contributed by atoms with Crippen LogP contribution in [0.1, 0.15) is 23.1 Å². The average Bonchev–Trinajstić information content (AvgIpc) is 2.95. The maximum atomic E-state index is 12.1. The second-order valence-electron chi connectivity index (χ2n) is 5.60. The SMILES string of the molecule is Cc1cccc(C)c1C[C@H](NC(=O)[C@H]1CCOC1)C(N)=O. The molecule has 1 aromatic carbocycles. The Morgan fingerprint density at radius 3 is 2.57 bits per heavy atom. The zero-order valence-electron chi connectivity index (χ0n) is 12.5. The molecule has 1 aliphatic rings. The van der Waals surface area contributed by atoms with Crippen molar-refractivity contribution in [3.05, 3.63) is 34.9 Å². The van der Waals surface area contributed by atoms with Gasteiger partial charge in [0.1, 0.15) is 6.04 Å². The minimum Gasteiger partial charge on any atom is -0.381 e. The fourth-order valence-corrected chi connectivity index (χ4v) is 2.63. The minimum atomic E-state index is -0.683. The van der Waals surface area contributed by atoms with Gasteiger partial charge in [0.25, 0.3) is 0 Å². The fourth-order valence-electron chi connectivity index (χ4n) is 2.63. The van der Waals surface area contributed by atoms with Gasteiger partial charge in [0.15, 0.2) is 0 Å². The van der Waals surface area contributed by atoms with Gasteiger partial charge in [0, 0.05) is 13.0 Å². The first-order chi connectivity index (χ1) is 9.99. The Balaban J connectivity index is 2.09. The standard InChI is InChI=1S/C16H22N2O3/c1-10-4-3-5-11(2)13(10)8-14(15(17)19)18-16(20)12-6-7-21-9-12/h3-5,12,14H,6-9H2,1-2H3,(H2,17,19)(H,18,20)/t12-,14-/m0/s1. The van der Waals surface area contributed by atoms with E-state index < -0.39 is 11.9 Å². The Bertz CT molecular complexity index is 516. The second-order valence-corrected chi connectivity index (χ2v) is 5.60. The van der Waals surface area contributed by atoms with Crippen molar-refractivity contribution in [3.8, 4) is 0 Å². The van der Waals surface area contributed by atoms with Gasteiger partial charge in [-0.1, -0.05) is 18.2 Å². The first-order valence-corrected chi connectivity index (χ1v) is 7.21. The van der Waals surface area contributed by atoms with Crippen molar-refractivity contribution >= 4 is 11.8 Å². The number of hydrogen-bond donors (Lipinski definition) is 2. The van der Waals surface area contributed by atoms with E-state index in [1.807, 2.05) is 32.0 Å². The quantitative estimate of drug-likeness (QED) is 0.843. The van der Waals surface area contributed by atoms with Crippen LogP contribution >= 0.6 is 0 Å². The van der Waals surface area contributed by atoms with Crippen LogP contribution in [-0.4, -0.2) is 31.1 Å². The van der Waals surface area contributed by atoms with Crippen LogP contribution in [0.25, 0.3) is 0 Å². The van der Waals surface area contributed by atoms with Crippen molar-refractivity contribution < 1.29 is 14.3 Å². The van der Waals surface area contributed by atoms with Crippen molar-refractivity contribution in [2.45, 2.75) is 32.7 Å². The highest BCUT2D eigenvalue weighted by Crippen LogP contribution is 2.17. The number of ether oxygens (including phenoxy) is 1. The molecule has 2 atom stereocenters. The number of carbonyl (C=O) groups is 2. The Morgan fingerprint density at radius 2 is 2.05 bits per heavy atom. The van der Waals surface area contributed by atoms with Crippen molar-refractivity contribution in [1.82, 2.24) is 5.32 Å². The number of hydrogen-bond acceptors (Lipinski definition) is 3. The highest BCUT2D eigenvalue weighted by atomic mass is 16.5. The van der Waals surface area contributed by atoms with Gasteiger partial charge in [-0.2, -0.15) is 0 Å². The van der Waals surface area contributed by atoms with E-state index >= 15 is 0 Å². The fraction of sp³-hybridized carbons (Fsp3) is 0.500. The average molecular weight is 290 g/mol. The number of carbonyl (C=O) groups excluding carboxylic acids is 2. The monoisotopic (exact) mass is 290 g/mol. The number of primary amides is 1. The number of nitrogens with one attached hydrogen (secondary N) is 1. The van der Waals surface area contributed by atoms with Crippen LogP contribution in [0.15, 0.2) is 18.2 Å². The van der Waals surface area contributed by atoms with Crippen molar-refractivity contribution in [1.29, 1.82) is 0 Å². The Hall–Kier alpha value is -1.88. The van der Waals surface area contributed by atoms with Crippen LogP contribution in [-0.2, 0) is 20.7 Å². The summed E-state index contributed by atoms with van der Waals surface area (Å²) in [4.78, 5) is 23.8. The molecule has 5 heteroatoms. The molecule has 2 amide bonds. The molecule has 0 radical (unpaired) electrons. The van der Waals surface area contributed by atoms with Gasteiger partial charge in [-0.05, 0) is 37.0 Å². The van der Waals surface area contributed by atoms with Crippen molar-refractivity contribution in [3.63, 3.8) is 0 Å². The summed E-state index contributed by atoms with van der Waals surface area (Å²) in [6, 6.07) is 5.28.